The maximum atomic E-state index is 11.1. The van der Waals surface area contributed by atoms with Crippen molar-refractivity contribution in [3.8, 4) is 10.7 Å². The molecule has 3 aromatic rings. The minimum Gasteiger partial charge on any atom is -0.478 e. The lowest BCUT2D eigenvalue weighted by atomic mass is 10.1. The molecular formula is C23H25N3O2S. The molecule has 0 saturated carbocycles. The van der Waals surface area contributed by atoms with Crippen LogP contribution < -0.4 is 5.32 Å². The molecule has 0 amide bonds. The standard InChI is InChI=1S/C23H25N3O2S/c1-4-6-7-8-16-13-20(29-14-16)22-24-15(3)19(5-2)21(26-22)25-18-11-9-17(10-12-18)23(27)28/h7-14H,4-6H2,1-3H3,(H,27,28)(H,24,25,26)/b8-7+. The first-order chi connectivity index (χ1) is 14.0. The second kappa shape index (κ2) is 9.47. The van der Waals surface area contributed by atoms with E-state index in [1.54, 1.807) is 35.6 Å². The van der Waals surface area contributed by atoms with Gasteiger partial charge in [0.25, 0.3) is 0 Å². The van der Waals surface area contributed by atoms with Crippen molar-refractivity contribution in [3.63, 3.8) is 0 Å². The second-order valence-corrected chi connectivity index (χ2v) is 7.67. The van der Waals surface area contributed by atoms with Gasteiger partial charge in [-0.15, -0.1) is 11.3 Å². The number of aromatic carboxylic acids is 1. The second-order valence-electron chi connectivity index (χ2n) is 6.76. The number of benzene rings is 1. The van der Waals surface area contributed by atoms with Crippen LogP contribution in [0.4, 0.5) is 11.5 Å². The fourth-order valence-corrected chi connectivity index (χ4v) is 3.82. The quantitative estimate of drug-likeness (QED) is 0.456. The molecule has 1 aromatic carbocycles. The lowest BCUT2D eigenvalue weighted by Gasteiger charge is -2.13. The van der Waals surface area contributed by atoms with Crippen molar-refractivity contribution in [3.05, 3.63) is 64.2 Å². The van der Waals surface area contributed by atoms with Crippen LogP contribution in [0.15, 0.2) is 41.8 Å². The molecule has 29 heavy (non-hydrogen) atoms. The number of anilines is 2. The lowest BCUT2D eigenvalue weighted by Crippen LogP contribution is -2.05. The van der Waals surface area contributed by atoms with Gasteiger partial charge in [-0.1, -0.05) is 32.4 Å². The number of aryl methyl sites for hydroxylation is 1. The molecule has 0 aliphatic heterocycles. The van der Waals surface area contributed by atoms with Gasteiger partial charge >= 0.3 is 5.97 Å². The number of rotatable bonds is 8. The summed E-state index contributed by atoms with van der Waals surface area (Å²) in [6.45, 7) is 6.24. The van der Waals surface area contributed by atoms with Crippen molar-refractivity contribution in [1.29, 1.82) is 0 Å². The molecule has 2 aromatic heterocycles. The molecule has 150 valence electrons. The van der Waals surface area contributed by atoms with Crippen LogP contribution in [0.3, 0.4) is 0 Å². The average Bonchev–Trinajstić information content (AvgIpc) is 3.17. The van der Waals surface area contributed by atoms with Gasteiger partial charge in [0.05, 0.1) is 10.4 Å². The Kier molecular flexibility index (Phi) is 6.77. The SMILES string of the molecule is CCC/C=C/c1csc(-c2nc(C)c(CC)c(Nc3ccc(C(=O)O)cc3)n2)c1. The third-order valence-electron chi connectivity index (χ3n) is 4.57. The van der Waals surface area contributed by atoms with Gasteiger partial charge < -0.3 is 10.4 Å². The Morgan fingerprint density at radius 3 is 2.62 bits per heavy atom. The molecule has 2 heterocycles. The van der Waals surface area contributed by atoms with Crippen LogP contribution in [0, 0.1) is 6.92 Å². The molecule has 0 aliphatic rings. The Labute approximate surface area is 175 Å². The van der Waals surface area contributed by atoms with Gasteiger partial charge in [0.2, 0.25) is 0 Å². The van der Waals surface area contributed by atoms with Gasteiger partial charge in [0.15, 0.2) is 5.82 Å². The molecule has 0 saturated heterocycles. The molecule has 0 unspecified atom stereocenters. The largest absolute Gasteiger partial charge is 0.478 e. The number of unbranched alkanes of at least 4 members (excludes halogenated alkanes) is 1. The Morgan fingerprint density at radius 1 is 1.21 bits per heavy atom. The maximum Gasteiger partial charge on any atom is 0.335 e. The van der Waals surface area contributed by atoms with Crippen LogP contribution in [0.1, 0.15) is 53.9 Å². The summed E-state index contributed by atoms with van der Waals surface area (Å²) in [4.78, 5) is 21.6. The van der Waals surface area contributed by atoms with E-state index in [0.29, 0.717) is 5.82 Å². The first-order valence-electron chi connectivity index (χ1n) is 9.75. The fraction of sp³-hybridized carbons (Fsp3) is 0.261. The summed E-state index contributed by atoms with van der Waals surface area (Å²) in [6, 6.07) is 8.78. The normalized spacial score (nSPS) is 11.1. The maximum absolute atomic E-state index is 11.1. The van der Waals surface area contributed by atoms with Crippen molar-refractivity contribution >= 4 is 34.9 Å². The van der Waals surface area contributed by atoms with Gasteiger partial charge in [-0.3, -0.25) is 0 Å². The smallest absolute Gasteiger partial charge is 0.335 e. The molecule has 0 atom stereocenters. The zero-order chi connectivity index (χ0) is 20.8. The van der Waals surface area contributed by atoms with Gasteiger partial charge in [0, 0.05) is 16.9 Å². The predicted molar refractivity (Wildman–Crippen MR) is 120 cm³/mol. The number of carboxylic acid groups (broad SMARTS) is 1. The van der Waals surface area contributed by atoms with Crippen molar-refractivity contribution in [1.82, 2.24) is 9.97 Å². The van der Waals surface area contributed by atoms with E-state index in [4.69, 9.17) is 15.1 Å². The highest BCUT2D eigenvalue weighted by Crippen LogP contribution is 2.30. The zero-order valence-corrected chi connectivity index (χ0v) is 17.7. The first-order valence-corrected chi connectivity index (χ1v) is 10.6. The van der Waals surface area contributed by atoms with E-state index in [0.717, 1.165) is 52.5 Å². The summed E-state index contributed by atoms with van der Waals surface area (Å²) in [5.74, 6) is 0.520. The zero-order valence-electron chi connectivity index (χ0n) is 16.9. The highest BCUT2D eigenvalue weighted by Gasteiger charge is 2.13. The summed E-state index contributed by atoms with van der Waals surface area (Å²) < 4.78 is 0. The van der Waals surface area contributed by atoms with Gasteiger partial charge in [0.1, 0.15) is 5.82 Å². The molecule has 0 spiro atoms. The van der Waals surface area contributed by atoms with E-state index < -0.39 is 5.97 Å². The molecule has 0 aliphatic carbocycles. The van der Waals surface area contributed by atoms with E-state index in [1.165, 1.54) is 0 Å². The Hall–Kier alpha value is -2.99. The minimum absolute atomic E-state index is 0.257. The molecule has 5 nitrogen and oxygen atoms in total. The summed E-state index contributed by atoms with van der Waals surface area (Å²) in [5, 5.41) is 14.5. The number of allylic oxidation sites excluding steroid dienone is 1. The molecule has 2 N–H and O–H groups in total. The Morgan fingerprint density at radius 2 is 1.97 bits per heavy atom. The van der Waals surface area contributed by atoms with E-state index in [1.807, 2.05) is 6.92 Å². The fourth-order valence-electron chi connectivity index (χ4n) is 3.01. The first kappa shape index (κ1) is 20.7. The summed E-state index contributed by atoms with van der Waals surface area (Å²) >= 11 is 1.63. The number of hydrogen-bond donors (Lipinski definition) is 2. The van der Waals surface area contributed by atoms with Crippen LogP contribution in [0.5, 0.6) is 0 Å². The number of hydrogen-bond acceptors (Lipinski definition) is 5. The van der Waals surface area contributed by atoms with Crippen LogP contribution in [0.2, 0.25) is 0 Å². The molecule has 3 rings (SSSR count). The predicted octanol–water partition coefficient (Wildman–Crippen LogP) is 6.33. The number of carbonyl (C=O) groups is 1. The molecule has 0 radical (unpaired) electrons. The monoisotopic (exact) mass is 407 g/mol. The van der Waals surface area contributed by atoms with E-state index in [-0.39, 0.29) is 5.56 Å². The van der Waals surface area contributed by atoms with Crippen molar-refractivity contribution < 1.29 is 9.90 Å². The van der Waals surface area contributed by atoms with E-state index >= 15 is 0 Å². The third-order valence-corrected chi connectivity index (χ3v) is 5.51. The van der Waals surface area contributed by atoms with Gasteiger partial charge in [-0.2, -0.15) is 0 Å². The van der Waals surface area contributed by atoms with Crippen molar-refractivity contribution in [2.75, 3.05) is 5.32 Å². The number of thiophene rings is 1. The number of nitrogens with zero attached hydrogens (tertiary/aromatic N) is 2. The highest BCUT2D eigenvalue weighted by molar-refractivity contribution is 7.13. The summed E-state index contributed by atoms with van der Waals surface area (Å²) in [6.07, 6.45) is 7.33. The Balaban J connectivity index is 1.91. The van der Waals surface area contributed by atoms with Crippen LogP contribution in [-0.4, -0.2) is 21.0 Å². The van der Waals surface area contributed by atoms with Crippen molar-refractivity contribution in [2.24, 2.45) is 0 Å². The molecular weight excluding hydrogens is 382 g/mol. The number of carboxylic acids is 1. The molecule has 6 heteroatoms. The van der Waals surface area contributed by atoms with Crippen LogP contribution >= 0.6 is 11.3 Å². The summed E-state index contributed by atoms with van der Waals surface area (Å²) in [7, 11) is 0. The van der Waals surface area contributed by atoms with Gasteiger partial charge in [-0.25, -0.2) is 14.8 Å². The summed E-state index contributed by atoms with van der Waals surface area (Å²) in [5.41, 5.74) is 4.21. The highest BCUT2D eigenvalue weighted by atomic mass is 32.1. The topological polar surface area (TPSA) is 75.1 Å². The number of aromatic nitrogens is 2. The van der Waals surface area contributed by atoms with E-state index in [2.05, 4.69) is 42.8 Å². The van der Waals surface area contributed by atoms with Crippen LogP contribution in [0.25, 0.3) is 16.8 Å². The van der Waals surface area contributed by atoms with E-state index in [9.17, 15) is 4.79 Å². The lowest BCUT2D eigenvalue weighted by molar-refractivity contribution is 0.0697. The third kappa shape index (κ3) is 5.09. The van der Waals surface area contributed by atoms with Gasteiger partial charge in [-0.05, 0) is 61.0 Å². The van der Waals surface area contributed by atoms with Crippen LogP contribution in [-0.2, 0) is 6.42 Å². The average molecular weight is 408 g/mol. The molecule has 0 bridgehead atoms. The minimum atomic E-state index is -0.938. The Bertz CT molecular complexity index is 1020. The van der Waals surface area contributed by atoms with Crippen molar-refractivity contribution in [2.45, 2.75) is 40.0 Å². The number of nitrogens with one attached hydrogen (secondary N) is 1. The molecule has 0 fully saturated rings.